The Balaban J connectivity index is 1.44. The Morgan fingerprint density at radius 2 is 1.68 bits per heavy atom. The molecule has 0 radical (unpaired) electrons. The summed E-state index contributed by atoms with van der Waals surface area (Å²) in [6, 6.07) is 12.0. The first-order valence-electron chi connectivity index (χ1n) is 12.8. The highest BCUT2D eigenvalue weighted by Crippen LogP contribution is 2.36. The van der Waals surface area contributed by atoms with E-state index in [0.29, 0.717) is 25.2 Å². The minimum atomic E-state index is -4.50. The Hall–Kier alpha value is -2.62. The van der Waals surface area contributed by atoms with Crippen LogP contribution in [-0.2, 0) is 24.1 Å². The van der Waals surface area contributed by atoms with E-state index in [-0.39, 0.29) is 29.8 Å². The van der Waals surface area contributed by atoms with E-state index in [1.165, 1.54) is 12.1 Å². The van der Waals surface area contributed by atoms with Crippen LogP contribution >= 0.6 is 0 Å². The van der Waals surface area contributed by atoms with Crippen molar-refractivity contribution in [3.63, 3.8) is 0 Å². The second kappa shape index (κ2) is 11.0. The van der Waals surface area contributed by atoms with E-state index in [4.69, 9.17) is 4.74 Å². The van der Waals surface area contributed by atoms with Gasteiger partial charge in [-0.2, -0.15) is 13.2 Å². The summed E-state index contributed by atoms with van der Waals surface area (Å²) in [6.45, 7) is 10.8. The Morgan fingerprint density at radius 3 is 2.32 bits per heavy atom. The molecule has 2 aromatic rings. The Kier molecular flexibility index (Phi) is 8.16. The molecule has 0 bridgehead atoms. The van der Waals surface area contributed by atoms with E-state index >= 15 is 0 Å². The summed E-state index contributed by atoms with van der Waals surface area (Å²) in [5.41, 5.74) is 1.46. The van der Waals surface area contributed by atoms with Gasteiger partial charge < -0.3 is 19.9 Å². The van der Waals surface area contributed by atoms with Crippen LogP contribution in [0.5, 0.6) is 0 Å². The van der Waals surface area contributed by atoms with Crippen LogP contribution in [0.1, 0.15) is 37.5 Å². The zero-order valence-electron chi connectivity index (χ0n) is 22.1. The highest BCUT2D eigenvalue weighted by Gasteiger charge is 2.36. The Bertz CT molecular complexity index is 1090. The third-order valence-electron chi connectivity index (χ3n) is 6.83. The molecule has 202 valence electrons. The number of carbonyl (C=O) groups is 1. The van der Waals surface area contributed by atoms with Gasteiger partial charge >= 0.3 is 12.2 Å². The lowest BCUT2D eigenvalue weighted by molar-refractivity contribution is -0.139. The smallest absolute Gasteiger partial charge is 0.370 e. The number of nitrogens with zero attached hydrogens (tertiary/aromatic N) is 3. The normalized spacial score (nSPS) is 18.1. The molecule has 0 saturated carbocycles. The van der Waals surface area contributed by atoms with Crippen LogP contribution in [0.4, 0.5) is 18.0 Å². The van der Waals surface area contributed by atoms with Crippen LogP contribution < -0.4 is 5.32 Å². The molecular formula is C28H37F3N4O2. The van der Waals surface area contributed by atoms with Crippen molar-refractivity contribution in [1.29, 1.82) is 0 Å². The van der Waals surface area contributed by atoms with Gasteiger partial charge in [0.1, 0.15) is 0 Å². The molecule has 2 aromatic carbocycles. The number of benzene rings is 2. The molecule has 37 heavy (non-hydrogen) atoms. The molecule has 0 aromatic heterocycles. The molecular weight excluding hydrogens is 481 g/mol. The predicted molar refractivity (Wildman–Crippen MR) is 138 cm³/mol. The van der Waals surface area contributed by atoms with Gasteiger partial charge in [0.15, 0.2) is 0 Å². The molecule has 2 heterocycles. The summed E-state index contributed by atoms with van der Waals surface area (Å²) in [6.07, 6.45) is -4.78. The van der Waals surface area contributed by atoms with Crippen LogP contribution in [0, 0.1) is 0 Å². The molecule has 2 aliphatic heterocycles. The average Bonchev–Trinajstić information content (AvgIpc) is 2.78. The highest BCUT2D eigenvalue weighted by atomic mass is 19.4. The highest BCUT2D eigenvalue weighted by molar-refractivity contribution is 5.76. The number of alkyl halides is 3. The quantitative estimate of drug-likeness (QED) is 0.595. The summed E-state index contributed by atoms with van der Waals surface area (Å²) in [7, 11) is 2.10. The van der Waals surface area contributed by atoms with Crippen molar-refractivity contribution >= 4 is 6.03 Å². The third-order valence-corrected chi connectivity index (χ3v) is 6.83. The van der Waals surface area contributed by atoms with Gasteiger partial charge in [0.2, 0.25) is 0 Å². The first-order valence-corrected chi connectivity index (χ1v) is 12.8. The number of hydrogen-bond donors (Lipinski definition) is 1. The lowest BCUT2D eigenvalue weighted by Crippen LogP contribution is -2.60. The van der Waals surface area contributed by atoms with Crippen LogP contribution in [0.3, 0.4) is 0 Å². The SMILES string of the molecule is CN1CCN(Cc2ccccc2-c2ccc(COC3CN(C(=O)NC(C)(C)C)C3)c(C(F)(F)F)c2)CC1. The molecule has 0 atom stereocenters. The van der Waals surface area contributed by atoms with Crippen molar-refractivity contribution in [2.75, 3.05) is 46.3 Å². The van der Waals surface area contributed by atoms with Crippen LogP contribution in [0.15, 0.2) is 42.5 Å². The predicted octanol–water partition coefficient (Wildman–Crippen LogP) is 4.83. The standard InChI is InChI=1S/C28H37F3N4O2/c1-27(2,3)32-26(36)35-17-23(18-35)37-19-22-10-9-20(15-25(22)28(29,30)31)24-8-6-5-7-21(24)16-34-13-11-33(4)12-14-34/h5-10,15,23H,11-14,16-19H2,1-4H3,(H,32,36). The molecule has 2 amide bonds. The number of amides is 2. The zero-order valence-corrected chi connectivity index (χ0v) is 22.1. The second-order valence-electron chi connectivity index (χ2n) is 11.1. The number of carbonyl (C=O) groups excluding carboxylic acids is 1. The monoisotopic (exact) mass is 518 g/mol. The average molecular weight is 519 g/mol. The Labute approximate surface area is 217 Å². The summed E-state index contributed by atoms with van der Waals surface area (Å²) >= 11 is 0. The number of halogens is 3. The molecule has 2 fully saturated rings. The number of rotatable bonds is 6. The van der Waals surface area contributed by atoms with Crippen LogP contribution in [-0.4, -0.2) is 78.7 Å². The number of piperazine rings is 1. The minimum absolute atomic E-state index is 0.102. The lowest BCUT2D eigenvalue weighted by atomic mass is 9.95. The summed E-state index contributed by atoms with van der Waals surface area (Å²) in [5.74, 6) is 0. The van der Waals surface area contributed by atoms with E-state index in [2.05, 4.69) is 22.2 Å². The molecule has 9 heteroatoms. The van der Waals surface area contributed by atoms with Gasteiger partial charge in [-0.05, 0) is 56.1 Å². The first kappa shape index (κ1) is 27.4. The van der Waals surface area contributed by atoms with Crippen molar-refractivity contribution in [2.24, 2.45) is 0 Å². The van der Waals surface area contributed by atoms with Crippen molar-refractivity contribution < 1.29 is 22.7 Å². The topological polar surface area (TPSA) is 48.1 Å². The molecule has 0 spiro atoms. The fraction of sp³-hybridized carbons (Fsp3) is 0.536. The number of hydrogen-bond acceptors (Lipinski definition) is 4. The molecule has 2 aliphatic rings. The maximum absolute atomic E-state index is 14.1. The van der Waals surface area contributed by atoms with E-state index in [0.717, 1.165) is 37.3 Å². The minimum Gasteiger partial charge on any atom is -0.370 e. The van der Waals surface area contributed by atoms with Gasteiger partial charge in [-0.25, -0.2) is 4.79 Å². The number of likely N-dealkylation sites (tertiary alicyclic amines) is 1. The van der Waals surface area contributed by atoms with Gasteiger partial charge in [0, 0.05) is 38.3 Å². The number of ether oxygens (including phenoxy) is 1. The summed E-state index contributed by atoms with van der Waals surface area (Å²) < 4.78 is 48.0. The third kappa shape index (κ3) is 7.24. The maximum Gasteiger partial charge on any atom is 0.416 e. The molecule has 0 aliphatic carbocycles. The van der Waals surface area contributed by atoms with Crippen LogP contribution in [0.25, 0.3) is 11.1 Å². The fourth-order valence-electron chi connectivity index (χ4n) is 4.64. The van der Waals surface area contributed by atoms with Gasteiger partial charge in [-0.1, -0.05) is 36.4 Å². The fourth-order valence-corrected chi connectivity index (χ4v) is 4.64. The second-order valence-corrected chi connectivity index (χ2v) is 11.1. The molecule has 4 rings (SSSR count). The molecule has 1 N–H and O–H groups in total. The zero-order chi connectivity index (χ0) is 26.8. The van der Waals surface area contributed by atoms with Crippen molar-refractivity contribution in [3.05, 3.63) is 59.2 Å². The number of urea groups is 1. The van der Waals surface area contributed by atoms with E-state index in [9.17, 15) is 18.0 Å². The van der Waals surface area contributed by atoms with Crippen molar-refractivity contribution in [2.45, 2.75) is 51.7 Å². The molecule has 6 nitrogen and oxygen atoms in total. The van der Waals surface area contributed by atoms with Gasteiger partial charge in [-0.3, -0.25) is 4.90 Å². The van der Waals surface area contributed by atoms with Gasteiger partial charge in [0.05, 0.1) is 31.4 Å². The van der Waals surface area contributed by atoms with Gasteiger partial charge in [-0.15, -0.1) is 0 Å². The first-order chi connectivity index (χ1) is 17.4. The van der Waals surface area contributed by atoms with Gasteiger partial charge in [0.25, 0.3) is 0 Å². The number of likely N-dealkylation sites (N-methyl/N-ethyl adjacent to an activating group) is 1. The molecule has 0 unspecified atom stereocenters. The van der Waals surface area contributed by atoms with Crippen molar-refractivity contribution in [3.8, 4) is 11.1 Å². The lowest BCUT2D eigenvalue weighted by Gasteiger charge is -2.40. The summed E-state index contributed by atoms with van der Waals surface area (Å²) in [5, 5.41) is 2.88. The maximum atomic E-state index is 14.1. The van der Waals surface area contributed by atoms with E-state index in [1.54, 1.807) is 11.0 Å². The number of nitrogens with one attached hydrogen (secondary N) is 1. The Morgan fingerprint density at radius 1 is 1.00 bits per heavy atom. The largest absolute Gasteiger partial charge is 0.416 e. The summed E-state index contributed by atoms with van der Waals surface area (Å²) in [4.78, 5) is 18.4. The van der Waals surface area contributed by atoms with Crippen LogP contribution in [0.2, 0.25) is 0 Å². The van der Waals surface area contributed by atoms with E-state index < -0.39 is 11.7 Å². The molecule has 2 saturated heterocycles. The van der Waals surface area contributed by atoms with E-state index in [1.807, 2.05) is 45.0 Å². The van der Waals surface area contributed by atoms with Crippen molar-refractivity contribution in [1.82, 2.24) is 20.0 Å².